The lowest BCUT2D eigenvalue weighted by Gasteiger charge is -2.10. The first-order valence-electron chi connectivity index (χ1n) is 8.74. The maximum absolute atomic E-state index is 11.3. The molecule has 0 aliphatic carbocycles. The predicted octanol–water partition coefficient (Wildman–Crippen LogP) is 2.66. The van der Waals surface area contributed by atoms with Gasteiger partial charge in [-0.2, -0.15) is 0 Å². The molecular formula is C19H26N4O3. The summed E-state index contributed by atoms with van der Waals surface area (Å²) in [7, 11) is 1.70. The van der Waals surface area contributed by atoms with Gasteiger partial charge < -0.3 is 19.8 Å². The molecule has 26 heavy (non-hydrogen) atoms. The number of oxazole rings is 1. The summed E-state index contributed by atoms with van der Waals surface area (Å²) in [5.41, 5.74) is 2.93. The molecule has 0 spiro atoms. The number of guanidine groups is 1. The third-order valence-electron chi connectivity index (χ3n) is 3.67. The van der Waals surface area contributed by atoms with Crippen molar-refractivity contribution in [1.29, 1.82) is 0 Å². The molecule has 2 aromatic rings. The third-order valence-corrected chi connectivity index (χ3v) is 3.67. The van der Waals surface area contributed by atoms with Crippen molar-refractivity contribution >= 4 is 11.9 Å². The Labute approximate surface area is 153 Å². The van der Waals surface area contributed by atoms with Gasteiger partial charge in [-0.25, -0.2) is 4.98 Å². The van der Waals surface area contributed by atoms with Gasteiger partial charge in [-0.15, -0.1) is 0 Å². The number of hydrogen-bond acceptors (Lipinski definition) is 5. The van der Waals surface area contributed by atoms with Crippen molar-refractivity contribution in [3.05, 3.63) is 41.8 Å². The molecule has 0 amide bonds. The molecule has 1 heterocycles. The molecular weight excluding hydrogens is 332 g/mol. The van der Waals surface area contributed by atoms with Gasteiger partial charge in [-0.05, 0) is 32.4 Å². The second-order valence-corrected chi connectivity index (χ2v) is 5.77. The van der Waals surface area contributed by atoms with Crippen LogP contribution in [-0.4, -0.2) is 37.1 Å². The van der Waals surface area contributed by atoms with E-state index in [0.717, 1.165) is 11.3 Å². The average molecular weight is 358 g/mol. The molecule has 0 saturated carbocycles. The van der Waals surface area contributed by atoms with E-state index in [4.69, 9.17) is 9.15 Å². The average Bonchev–Trinajstić information content (AvgIpc) is 3.11. The fourth-order valence-electron chi connectivity index (χ4n) is 2.28. The summed E-state index contributed by atoms with van der Waals surface area (Å²) in [5.74, 6) is 1.07. The monoisotopic (exact) mass is 358 g/mol. The van der Waals surface area contributed by atoms with E-state index in [-0.39, 0.29) is 5.97 Å². The molecule has 0 atom stereocenters. The molecule has 1 aromatic heterocycles. The SMILES string of the molecule is CCOC(=O)CCCNC(=NC)NCc1coc(-c2ccc(C)cc2)n1. The minimum absolute atomic E-state index is 0.177. The molecule has 7 heteroatoms. The summed E-state index contributed by atoms with van der Waals surface area (Å²) < 4.78 is 10.4. The molecule has 0 aliphatic rings. The number of ether oxygens (including phenoxy) is 1. The number of nitrogens with one attached hydrogen (secondary N) is 2. The lowest BCUT2D eigenvalue weighted by molar-refractivity contribution is -0.143. The zero-order valence-electron chi connectivity index (χ0n) is 15.5. The molecule has 7 nitrogen and oxygen atoms in total. The van der Waals surface area contributed by atoms with Crippen molar-refractivity contribution in [2.24, 2.45) is 4.99 Å². The van der Waals surface area contributed by atoms with Gasteiger partial charge in [0.1, 0.15) is 6.26 Å². The third kappa shape index (κ3) is 6.23. The number of esters is 1. The molecule has 0 fully saturated rings. The van der Waals surface area contributed by atoms with Crippen molar-refractivity contribution in [2.45, 2.75) is 33.2 Å². The van der Waals surface area contributed by atoms with Crippen LogP contribution in [0.3, 0.4) is 0 Å². The smallest absolute Gasteiger partial charge is 0.305 e. The fourth-order valence-corrected chi connectivity index (χ4v) is 2.28. The lowest BCUT2D eigenvalue weighted by Crippen LogP contribution is -2.37. The number of rotatable bonds is 8. The molecule has 1 aromatic carbocycles. The summed E-state index contributed by atoms with van der Waals surface area (Å²) in [6, 6.07) is 8.03. The summed E-state index contributed by atoms with van der Waals surface area (Å²) in [5, 5.41) is 6.33. The number of carbonyl (C=O) groups excluding carboxylic acids is 1. The van der Waals surface area contributed by atoms with Crippen LogP contribution in [0.5, 0.6) is 0 Å². The van der Waals surface area contributed by atoms with Crippen molar-refractivity contribution in [3.8, 4) is 11.5 Å². The van der Waals surface area contributed by atoms with Crippen molar-refractivity contribution in [1.82, 2.24) is 15.6 Å². The van der Waals surface area contributed by atoms with Crippen LogP contribution in [0.2, 0.25) is 0 Å². The van der Waals surface area contributed by atoms with Crippen LogP contribution < -0.4 is 10.6 Å². The lowest BCUT2D eigenvalue weighted by atomic mass is 10.1. The Bertz CT molecular complexity index is 723. The van der Waals surface area contributed by atoms with Crippen LogP contribution in [0.15, 0.2) is 39.9 Å². The van der Waals surface area contributed by atoms with Crippen LogP contribution in [-0.2, 0) is 16.1 Å². The van der Waals surface area contributed by atoms with Crippen LogP contribution in [0.1, 0.15) is 31.0 Å². The van der Waals surface area contributed by atoms with Gasteiger partial charge >= 0.3 is 5.97 Å². The molecule has 0 saturated heterocycles. The fraction of sp³-hybridized carbons (Fsp3) is 0.421. The Hall–Kier alpha value is -2.83. The van der Waals surface area contributed by atoms with Crippen molar-refractivity contribution in [3.63, 3.8) is 0 Å². The molecule has 2 rings (SSSR count). The van der Waals surface area contributed by atoms with Crippen LogP contribution in [0, 0.1) is 6.92 Å². The highest BCUT2D eigenvalue weighted by molar-refractivity contribution is 5.79. The Morgan fingerprint density at radius 1 is 1.27 bits per heavy atom. The number of benzene rings is 1. The molecule has 0 bridgehead atoms. The van der Waals surface area contributed by atoms with E-state index in [2.05, 4.69) is 20.6 Å². The van der Waals surface area contributed by atoms with E-state index in [1.54, 1.807) is 20.2 Å². The highest BCUT2D eigenvalue weighted by Crippen LogP contribution is 2.18. The number of hydrogen-bond donors (Lipinski definition) is 2. The minimum Gasteiger partial charge on any atom is -0.466 e. The largest absolute Gasteiger partial charge is 0.466 e. The highest BCUT2D eigenvalue weighted by Gasteiger charge is 2.07. The zero-order valence-corrected chi connectivity index (χ0v) is 15.5. The first-order valence-corrected chi connectivity index (χ1v) is 8.74. The second kappa shape index (κ2) is 10.2. The van der Waals surface area contributed by atoms with Gasteiger partial charge in [0.25, 0.3) is 0 Å². The highest BCUT2D eigenvalue weighted by atomic mass is 16.5. The first-order chi connectivity index (χ1) is 12.6. The Balaban J connectivity index is 1.76. The van der Waals surface area contributed by atoms with E-state index in [9.17, 15) is 4.79 Å². The van der Waals surface area contributed by atoms with Gasteiger partial charge in [0.2, 0.25) is 5.89 Å². The van der Waals surface area contributed by atoms with E-state index in [1.807, 2.05) is 31.2 Å². The topological polar surface area (TPSA) is 88.8 Å². The predicted molar refractivity (Wildman–Crippen MR) is 101 cm³/mol. The summed E-state index contributed by atoms with van der Waals surface area (Å²) in [6.45, 7) is 5.38. The summed E-state index contributed by atoms with van der Waals surface area (Å²) in [6.07, 6.45) is 2.71. The second-order valence-electron chi connectivity index (χ2n) is 5.77. The number of aromatic nitrogens is 1. The van der Waals surface area contributed by atoms with E-state index < -0.39 is 0 Å². The van der Waals surface area contributed by atoms with Crippen LogP contribution >= 0.6 is 0 Å². The summed E-state index contributed by atoms with van der Waals surface area (Å²) in [4.78, 5) is 19.9. The number of carbonyl (C=O) groups is 1. The van der Waals surface area contributed by atoms with Gasteiger partial charge in [-0.3, -0.25) is 9.79 Å². The van der Waals surface area contributed by atoms with Crippen molar-refractivity contribution in [2.75, 3.05) is 20.2 Å². The van der Waals surface area contributed by atoms with E-state index in [0.29, 0.717) is 44.4 Å². The maximum Gasteiger partial charge on any atom is 0.305 e. The maximum atomic E-state index is 11.3. The van der Waals surface area contributed by atoms with E-state index >= 15 is 0 Å². The van der Waals surface area contributed by atoms with Crippen LogP contribution in [0.25, 0.3) is 11.5 Å². The van der Waals surface area contributed by atoms with Gasteiger partial charge in [0, 0.05) is 25.6 Å². The normalized spacial score (nSPS) is 11.3. The van der Waals surface area contributed by atoms with E-state index in [1.165, 1.54) is 5.56 Å². The van der Waals surface area contributed by atoms with Gasteiger partial charge in [0.15, 0.2) is 5.96 Å². The number of aliphatic imine (C=N–C) groups is 1. The quantitative estimate of drug-likeness (QED) is 0.326. The van der Waals surface area contributed by atoms with Gasteiger partial charge in [0.05, 0.1) is 18.8 Å². The molecule has 140 valence electrons. The molecule has 0 radical (unpaired) electrons. The number of nitrogens with zero attached hydrogens (tertiary/aromatic N) is 2. The Morgan fingerprint density at radius 3 is 2.73 bits per heavy atom. The number of aryl methyl sites for hydroxylation is 1. The molecule has 2 N–H and O–H groups in total. The first kappa shape index (κ1) is 19.5. The van der Waals surface area contributed by atoms with Crippen molar-refractivity contribution < 1.29 is 13.9 Å². The van der Waals surface area contributed by atoms with Gasteiger partial charge in [-0.1, -0.05) is 17.7 Å². The molecule has 0 aliphatic heterocycles. The minimum atomic E-state index is -0.177. The molecule has 0 unspecified atom stereocenters. The summed E-state index contributed by atoms with van der Waals surface area (Å²) >= 11 is 0. The zero-order chi connectivity index (χ0) is 18.8. The standard InChI is InChI=1S/C19H26N4O3/c1-4-25-17(24)6-5-11-21-19(20-3)22-12-16-13-26-18(23-16)15-9-7-14(2)8-10-15/h7-10,13H,4-6,11-12H2,1-3H3,(H2,20,21,22). The van der Waals surface area contributed by atoms with Crippen LogP contribution in [0.4, 0.5) is 0 Å². The Morgan fingerprint density at radius 2 is 2.04 bits per heavy atom. The Kier molecular flexibility index (Phi) is 7.67.